The fraction of sp³-hybridized carbons (Fsp3) is 0.350. The minimum Gasteiger partial charge on any atom is -0.492 e. The van der Waals surface area contributed by atoms with Gasteiger partial charge in [-0.3, -0.25) is 14.9 Å². The first kappa shape index (κ1) is 23.0. The Kier molecular flexibility index (Phi) is 7.14. The predicted molar refractivity (Wildman–Crippen MR) is 116 cm³/mol. The maximum Gasteiger partial charge on any atom is 0.288 e. The number of nitrogens with one attached hydrogen (secondary N) is 1. The number of carbonyl (C=O) groups is 1. The topological polar surface area (TPSA) is 119 Å². The number of hydrogen-bond donors (Lipinski definition) is 1. The maximum atomic E-state index is 13.0. The van der Waals surface area contributed by atoms with Crippen LogP contribution in [0.1, 0.15) is 36.5 Å². The lowest BCUT2D eigenvalue weighted by Crippen LogP contribution is -2.35. The second-order valence-corrected chi connectivity index (χ2v) is 9.28. The SMILES string of the molecule is CCOc1ccc(S(=O)(=O)N2CCCCC2)cc1NC(=O)c1ccc(Cl)c([N+](=O)[O-])c1. The van der Waals surface area contributed by atoms with E-state index in [4.69, 9.17) is 16.3 Å². The van der Waals surface area contributed by atoms with Gasteiger partial charge in [0.1, 0.15) is 10.8 Å². The average molecular weight is 468 g/mol. The highest BCUT2D eigenvalue weighted by Gasteiger charge is 2.27. The van der Waals surface area contributed by atoms with Crippen molar-refractivity contribution in [3.8, 4) is 5.75 Å². The van der Waals surface area contributed by atoms with Gasteiger partial charge in [0.15, 0.2) is 0 Å². The number of hydrogen-bond acceptors (Lipinski definition) is 6. The van der Waals surface area contributed by atoms with Crippen molar-refractivity contribution in [1.82, 2.24) is 4.31 Å². The molecule has 0 saturated carbocycles. The van der Waals surface area contributed by atoms with Crippen LogP contribution in [0.25, 0.3) is 0 Å². The lowest BCUT2D eigenvalue weighted by Gasteiger charge is -2.26. The van der Waals surface area contributed by atoms with Crippen LogP contribution in [0.15, 0.2) is 41.3 Å². The molecular formula is C20H22ClN3O6S. The first-order valence-electron chi connectivity index (χ1n) is 9.76. The van der Waals surface area contributed by atoms with E-state index in [1.807, 2.05) is 0 Å². The third-order valence-corrected chi connectivity index (χ3v) is 7.07. The van der Waals surface area contributed by atoms with Gasteiger partial charge in [-0.2, -0.15) is 4.31 Å². The molecule has 1 saturated heterocycles. The molecule has 166 valence electrons. The zero-order valence-corrected chi connectivity index (χ0v) is 18.4. The molecule has 0 aromatic heterocycles. The lowest BCUT2D eigenvalue weighted by molar-refractivity contribution is -0.384. The summed E-state index contributed by atoms with van der Waals surface area (Å²) in [5.74, 6) is -0.370. The summed E-state index contributed by atoms with van der Waals surface area (Å²) in [6.07, 6.45) is 2.59. The van der Waals surface area contributed by atoms with Gasteiger partial charge in [-0.1, -0.05) is 18.0 Å². The van der Waals surface area contributed by atoms with Crippen molar-refractivity contribution in [1.29, 1.82) is 0 Å². The Morgan fingerprint density at radius 2 is 1.90 bits per heavy atom. The van der Waals surface area contributed by atoms with Gasteiger partial charge in [0, 0.05) is 24.7 Å². The molecule has 9 nitrogen and oxygen atoms in total. The van der Waals surface area contributed by atoms with Crippen LogP contribution in [0.4, 0.5) is 11.4 Å². The Balaban J connectivity index is 1.94. The van der Waals surface area contributed by atoms with Crippen molar-refractivity contribution >= 4 is 38.9 Å². The first-order valence-corrected chi connectivity index (χ1v) is 11.6. The third kappa shape index (κ3) is 5.15. The maximum absolute atomic E-state index is 13.0. The Labute approximate surface area is 185 Å². The van der Waals surface area contributed by atoms with Gasteiger partial charge in [0.05, 0.1) is 22.1 Å². The standard InChI is InChI=1S/C20H22ClN3O6S/c1-2-30-19-9-7-15(31(28,29)23-10-4-3-5-11-23)13-17(19)22-20(25)14-6-8-16(21)18(12-14)24(26)27/h6-9,12-13H,2-5,10-11H2,1H3,(H,22,25). The Morgan fingerprint density at radius 1 is 1.19 bits per heavy atom. The van der Waals surface area contributed by atoms with Crippen LogP contribution >= 0.6 is 11.6 Å². The molecule has 1 aliphatic rings. The molecule has 2 aromatic rings. The summed E-state index contributed by atoms with van der Waals surface area (Å²) in [4.78, 5) is 23.2. The molecule has 0 unspecified atom stereocenters. The molecule has 1 heterocycles. The van der Waals surface area contributed by atoms with Crippen LogP contribution in [0.5, 0.6) is 5.75 Å². The van der Waals surface area contributed by atoms with E-state index in [-0.39, 0.29) is 26.9 Å². The first-order chi connectivity index (χ1) is 14.7. The number of nitro benzene ring substituents is 1. The van der Waals surface area contributed by atoms with Crippen molar-refractivity contribution in [2.45, 2.75) is 31.1 Å². The van der Waals surface area contributed by atoms with Crippen molar-refractivity contribution in [3.63, 3.8) is 0 Å². The zero-order valence-electron chi connectivity index (χ0n) is 16.8. The van der Waals surface area contributed by atoms with Gasteiger partial charge in [-0.15, -0.1) is 0 Å². The number of benzene rings is 2. The number of sulfonamides is 1. The Hall–Kier alpha value is -2.69. The van der Waals surface area contributed by atoms with Gasteiger partial charge in [0.25, 0.3) is 11.6 Å². The Bertz CT molecular complexity index is 1100. The highest BCUT2D eigenvalue weighted by molar-refractivity contribution is 7.89. The number of nitrogens with zero attached hydrogens (tertiary/aromatic N) is 2. The van der Waals surface area contributed by atoms with Crippen LogP contribution in [0, 0.1) is 10.1 Å². The molecule has 1 fully saturated rings. The van der Waals surface area contributed by atoms with Gasteiger partial charge in [-0.05, 0) is 50.1 Å². The molecule has 31 heavy (non-hydrogen) atoms. The smallest absolute Gasteiger partial charge is 0.288 e. The molecular weight excluding hydrogens is 446 g/mol. The van der Waals surface area contributed by atoms with Crippen LogP contribution in [-0.2, 0) is 10.0 Å². The fourth-order valence-corrected chi connectivity index (χ4v) is 5.02. The quantitative estimate of drug-likeness (QED) is 0.484. The molecule has 11 heteroatoms. The van der Waals surface area contributed by atoms with E-state index in [1.54, 1.807) is 6.92 Å². The van der Waals surface area contributed by atoms with E-state index in [9.17, 15) is 23.3 Å². The van der Waals surface area contributed by atoms with E-state index in [0.717, 1.165) is 25.3 Å². The number of nitro groups is 1. The molecule has 1 amide bonds. The van der Waals surface area contributed by atoms with Gasteiger partial charge < -0.3 is 10.1 Å². The van der Waals surface area contributed by atoms with Gasteiger partial charge in [0.2, 0.25) is 10.0 Å². The van der Waals surface area contributed by atoms with E-state index < -0.39 is 26.5 Å². The highest BCUT2D eigenvalue weighted by atomic mass is 35.5. The summed E-state index contributed by atoms with van der Waals surface area (Å²) >= 11 is 5.80. The molecule has 0 atom stereocenters. The highest BCUT2D eigenvalue weighted by Crippen LogP contribution is 2.31. The molecule has 3 rings (SSSR count). The second kappa shape index (κ2) is 9.63. The number of amides is 1. The molecule has 1 N–H and O–H groups in total. The van der Waals surface area contributed by atoms with Crippen molar-refractivity contribution in [2.24, 2.45) is 0 Å². The number of anilines is 1. The Morgan fingerprint density at radius 3 is 2.55 bits per heavy atom. The summed E-state index contributed by atoms with van der Waals surface area (Å²) in [6.45, 7) is 2.96. The van der Waals surface area contributed by atoms with Crippen molar-refractivity contribution in [2.75, 3.05) is 25.0 Å². The number of carbonyl (C=O) groups excluding carboxylic acids is 1. The summed E-state index contributed by atoms with van der Waals surface area (Å²) in [5, 5.41) is 13.6. The minimum absolute atomic E-state index is 0.00263. The number of piperidine rings is 1. The van der Waals surface area contributed by atoms with E-state index in [2.05, 4.69) is 5.32 Å². The van der Waals surface area contributed by atoms with Crippen LogP contribution < -0.4 is 10.1 Å². The fourth-order valence-electron chi connectivity index (χ4n) is 3.29. The van der Waals surface area contributed by atoms with Gasteiger partial charge >= 0.3 is 0 Å². The van der Waals surface area contributed by atoms with Crippen molar-refractivity contribution in [3.05, 3.63) is 57.1 Å². The number of rotatable bonds is 7. The normalized spacial score (nSPS) is 14.8. The predicted octanol–water partition coefficient (Wildman–Crippen LogP) is 4.07. The summed E-state index contributed by atoms with van der Waals surface area (Å²) in [6, 6.07) is 7.94. The second-order valence-electron chi connectivity index (χ2n) is 6.93. The summed E-state index contributed by atoms with van der Waals surface area (Å²) in [5.41, 5.74) is -0.244. The van der Waals surface area contributed by atoms with Crippen LogP contribution in [-0.4, -0.2) is 43.2 Å². The molecule has 0 aliphatic carbocycles. The lowest BCUT2D eigenvalue weighted by atomic mass is 10.2. The van der Waals surface area contributed by atoms with E-state index in [1.165, 1.54) is 34.6 Å². The van der Waals surface area contributed by atoms with E-state index in [0.29, 0.717) is 19.7 Å². The number of ether oxygens (including phenoxy) is 1. The average Bonchev–Trinajstić information content (AvgIpc) is 2.75. The molecule has 0 radical (unpaired) electrons. The zero-order chi connectivity index (χ0) is 22.6. The largest absolute Gasteiger partial charge is 0.492 e. The van der Waals surface area contributed by atoms with E-state index >= 15 is 0 Å². The van der Waals surface area contributed by atoms with Gasteiger partial charge in [-0.25, -0.2) is 8.42 Å². The molecule has 0 spiro atoms. The summed E-state index contributed by atoms with van der Waals surface area (Å²) < 4.78 is 33.0. The molecule has 0 bridgehead atoms. The third-order valence-electron chi connectivity index (χ3n) is 4.86. The number of halogens is 1. The minimum atomic E-state index is -3.72. The monoisotopic (exact) mass is 467 g/mol. The van der Waals surface area contributed by atoms with Crippen molar-refractivity contribution < 1.29 is 22.9 Å². The van der Waals surface area contributed by atoms with Crippen LogP contribution in [0.2, 0.25) is 5.02 Å². The van der Waals surface area contributed by atoms with Crippen LogP contribution in [0.3, 0.4) is 0 Å². The summed E-state index contributed by atoms with van der Waals surface area (Å²) in [7, 11) is -3.72. The molecule has 2 aromatic carbocycles. The molecule has 1 aliphatic heterocycles.